The number of thiophene rings is 1. The summed E-state index contributed by atoms with van der Waals surface area (Å²) < 4.78 is 75.9. The summed E-state index contributed by atoms with van der Waals surface area (Å²) in [4.78, 5) is 0. The molecule has 1 aromatic carbocycles. The predicted molar refractivity (Wildman–Crippen MR) is 59.8 cm³/mol. The molecule has 1 aromatic heterocycles. The molecule has 0 spiro atoms. The third-order valence-corrected chi connectivity index (χ3v) is 3.17. The molecule has 0 bridgehead atoms. The fourth-order valence-electron chi connectivity index (χ4n) is 1.62. The summed E-state index contributed by atoms with van der Waals surface area (Å²) in [6, 6.07) is 3.09. The van der Waals surface area contributed by atoms with Crippen LogP contribution in [0.15, 0.2) is 35.0 Å². The molecule has 2 rings (SSSR count). The molecule has 0 saturated heterocycles. The number of hydrogen-bond donors (Lipinski definition) is 0. The molecule has 0 fully saturated rings. The molecule has 0 radical (unpaired) electrons. The van der Waals surface area contributed by atoms with E-state index >= 15 is 0 Å². The molecule has 7 heteroatoms. The maximum atomic E-state index is 12.8. The van der Waals surface area contributed by atoms with Gasteiger partial charge in [-0.25, -0.2) is 0 Å². The lowest BCUT2D eigenvalue weighted by Crippen LogP contribution is -2.11. The van der Waals surface area contributed by atoms with Crippen LogP contribution in [0.2, 0.25) is 0 Å². The van der Waals surface area contributed by atoms with Gasteiger partial charge in [0.2, 0.25) is 0 Å². The number of rotatable bonds is 1. The molecule has 0 aliphatic rings. The average molecular weight is 296 g/mol. The maximum Gasteiger partial charge on any atom is 0.417 e. The van der Waals surface area contributed by atoms with Crippen LogP contribution in [0, 0.1) is 0 Å². The molecule has 102 valence electrons. The van der Waals surface area contributed by atoms with Crippen LogP contribution in [0.1, 0.15) is 11.1 Å². The highest BCUT2D eigenvalue weighted by molar-refractivity contribution is 7.08. The largest absolute Gasteiger partial charge is 0.417 e. The van der Waals surface area contributed by atoms with E-state index in [-0.39, 0.29) is 17.2 Å². The van der Waals surface area contributed by atoms with Crippen LogP contribution in [0.3, 0.4) is 0 Å². The Morgan fingerprint density at radius 3 is 2.00 bits per heavy atom. The minimum atomic E-state index is -4.83. The second-order valence-electron chi connectivity index (χ2n) is 3.77. The van der Waals surface area contributed by atoms with Crippen LogP contribution in [-0.4, -0.2) is 0 Å². The Kier molecular flexibility index (Phi) is 3.34. The van der Waals surface area contributed by atoms with E-state index in [2.05, 4.69) is 0 Å². The SMILES string of the molecule is FC(F)(F)c1ccc(-c2ccsc2)c(C(F)(F)F)c1. The highest BCUT2D eigenvalue weighted by Gasteiger charge is 2.38. The smallest absolute Gasteiger partial charge is 0.166 e. The van der Waals surface area contributed by atoms with E-state index in [0.29, 0.717) is 6.07 Å². The molecule has 0 N–H and O–H groups in total. The first-order valence-electron chi connectivity index (χ1n) is 5.00. The van der Waals surface area contributed by atoms with Crippen LogP contribution in [0.25, 0.3) is 11.1 Å². The van der Waals surface area contributed by atoms with Gasteiger partial charge in [0.15, 0.2) is 0 Å². The van der Waals surface area contributed by atoms with Crippen molar-refractivity contribution in [2.24, 2.45) is 0 Å². The van der Waals surface area contributed by atoms with Crippen molar-refractivity contribution in [2.75, 3.05) is 0 Å². The zero-order valence-electron chi connectivity index (χ0n) is 9.14. The van der Waals surface area contributed by atoms with Gasteiger partial charge in [-0.05, 0) is 40.1 Å². The van der Waals surface area contributed by atoms with Gasteiger partial charge in [-0.15, -0.1) is 0 Å². The Balaban J connectivity index is 2.63. The lowest BCUT2D eigenvalue weighted by molar-refractivity contribution is -0.142. The Morgan fingerprint density at radius 1 is 0.842 bits per heavy atom. The minimum absolute atomic E-state index is 0.146. The number of alkyl halides is 6. The van der Waals surface area contributed by atoms with Gasteiger partial charge in [0.1, 0.15) is 0 Å². The lowest BCUT2D eigenvalue weighted by Gasteiger charge is -2.15. The molecular formula is C12H6F6S. The van der Waals surface area contributed by atoms with E-state index in [4.69, 9.17) is 0 Å². The third-order valence-electron chi connectivity index (χ3n) is 2.48. The molecule has 0 aliphatic heterocycles. The van der Waals surface area contributed by atoms with Gasteiger partial charge in [0, 0.05) is 0 Å². The van der Waals surface area contributed by atoms with Crippen molar-refractivity contribution < 1.29 is 26.3 Å². The van der Waals surface area contributed by atoms with Crippen molar-refractivity contribution in [1.82, 2.24) is 0 Å². The number of hydrogen-bond acceptors (Lipinski definition) is 1. The van der Waals surface area contributed by atoms with Gasteiger partial charge in [-0.2, -0.15) is 37.7 Å². The Labute approximate surface area is 108 Å². The zero-order valence-corrected chi connectivity index (χ0v) is 9.96. The summed E-state index contributed by atoms with van der Waals surface area (Å²) in [5.41, 5.74) is -2.58. The predicted octanol–water partition coefficient (Wildman–Crippen LogP) is 5.45. The van der Waals surface area contributed by atoms with E-state index in [0.717, 1.165) is 6.07 Å². The Bertz CT molecular complexity index is 565. The van der Waals surface area contributed by atoms with Gasteiger partial charge >= 0.3 is 12.4 Å². The normalized spacial score (nSPS) is 12.7. The zero-order chi connectivity index (χ0) is 14.3. The summed E-state index contributed by atoms with van der Waals surface area (Å²) in [5, 5.41) is 3.02. The molecule has 0 nitrogen and oxygen atoms in total. The second-order valence-corrected chi connectivity index (χ2v) is 4.55. The van der Waals surface area contributed by atoms with Gasteiger partial charge in [0.25, 0.3) is 0 Å². The van der Waals surface area contributed by atoms with Gasteiger partial charge in [0.05, 0.1) is 11.1 Å². The maximum absolute atomic E-state index is 12.8. The van der Waals surface area contributed by atoms with Crippen molar-refractivity contribution in [3.05, 3.63) is 46.2 Å². The fraction of sp³-hybridized carbons (Fsp3) is 0.167. The van der Waals surface area contributed by atoms with Crippen LogP contribution in [0.4, 0.5) is 26.3 Å². The van der Waals surface area contributed by atoms with Crippen molar-refractivity contribution in [3.63, 3.8) is 0 Å². The quantitative estimate of drug-likeness (QED) is 0.614. The second kappa shape index (κ2) is 4.56. The molecule has 0 aliphatic carbocycles. The summed E-state index contributed by atoms with van der Waals surface area (Å²) in [5.74, 6) is 0. The number of halogens is 6. The van der Waals surface area contributed by atoms with Gasteiger partial charge in [-0.1, -0.05) is 6.07 Å². The topological polar surface area (TPSA) is 0 Å². The van der Waals surface area contributed by atoms with Crippen molar-refractivity contribution in [3.8, 4) is 11.1 Å². The van der Waals surface area contributed by atoms with Crippen molar-refractivity contribution in [2.45, 2.75) is 12.4 Å². The van der Waals surface area contributed by atoms with E-state index in [1.54, 1.807) is 5.38 Å². The molecule has 0 saturated carbocycles. The van der Waals surface area contributed by atoms with Crippen LogP contribution in [-0.2, 0) is 12.4 Å². The molecule has 0 unspecified atom stereocenters. The standard InChI is InChI=1S/C12H6F6S/c13-11(14,15)8-1-2-9(7-3-4-19-6-7)10(5-8)12(16,17)18/h1-6H. The van der Waals surface area contributed by atoms with Crippen LogP contribution in [0.5, 0.6) is 0 Å². The average Bonchev–Trinajstić information content (AvgIpc) is 2.79. The Morgan fingerprint density at radius 2 is 1.53 bits per heavy atom. The summed E-state index contributed by atoms with van der Waals surface area (Å²) in [6.45, 7) is 0. The third kappa shape index (κ3) is 2.91. The van der Waals surface area contributed by atoms with E-state index < -0.39 is 23.5 Å². The molecular weight excluding hydrogens is 290 g/mol. The summed E-state index contributed by atoms with van der Waals surface area (Å²) in [7, 11) is 0. The van der Waals surface area contributed by atoms with Crippen molar-refractivity contribution in [1.29, 1.82) is 0 Å². The van der Waals surface area contributed by atoms with Crippen molar-refractivity contribution >= 4 is 11.3 Å². The van der Waals surface area contributed by atoms with Crippen LogP contribution >= 0.6 is 11.3 Å². The van der Waals surface area contributed by atoms with E-state index in [1.807, 2.05) is 0 Å². The molecule has 19 heavy (non-hydrogen) atoms. The van der Waals surface area contributed by atoms with E-state index in [9.17, 15) is 26.3 Å². The van der Waals surface area contributed by atoms with Crippen LogP contribution < -0.4 is 0 Å². The highest BCUT2D eigenvalue weighted by atomic mass is 32.1. The first-order chi connectivity index (χ1) is 8.69. The number of benzene rings is 1. The minimum Gasteiger partial charge on any atom is -0.166 e. The first-order valence-corrected chi connectivity index (χ1v) is 5.95. The summed E-state index contributed by atoms with van der Waals surface area (Å²) >= 11 is 1.17. The Hall–Kier alpha value is -1.50. The lowest BCUT2D eigenvalue weighted by atomic mass is 9.99. The highest BCUT2D eigenvalue weighted by Crippen LogP contribution is 2.41. The van der Waals surface area contributed by atoms with Gasteiger partial charge in [-0.3, -0.25) is 0 Å². The molecule has 0 amide bonds. The molecule has 2 aromatic rings. The monoisotopic (exact) mass is 296 g/mol. The van der Waals surface area contributed by atoms with E-state index in [1.165, 1.54) is 22.8 Å². The first kappa shape index (κ1) is 13.9. The molecule has 1 heterocycles. The molecule has 0 atom stereocenters. The van der Waals surface area contributed by atoms with Gasteiger partial charge < -0.3 is 0 Å². The fourth-order valence-corrected chi connectivity index (χ4v) is 2.28. The summed E-state index contributed by atoms with van der Waals surface area (Å²) in [6.07, 6.45) is -9.63.